The molecule has 0 amide bonds. The number of rotatable bonds is 10. The quantitative estimate of drug-likeness (QED) is 0.268. The van der Waals surface area contributed by atoms with Crippen LogP contribution in [0.3, 0.4) is 0 Å². The maximum atomic E-state index is 15.4. The first-order valence-electron chi connectivity index (χ1n) is 12.4. The van der Waals surface area contributed by atoms with Crippen molar-refractivity contribution in [3.63, 3.8) is 0 Å². The number of hydrogen-bond acceptors (Lipinski definition) is 8. The fourth-order valence-corrected chi connectivity index (χ4v) is 5.98. The zero-order valence-electron chi connectivity index (χ0n) is 20.4. The molecule has 5 rings (SSSR count). The highest BCUT2D eigenvalue weighted by atomic mass is 32.2. The molecule has 13 heteroatoms. The summed E-state index contributed by atoms with van der Waals surface area (Å²) in [5.74, 6) is -1.05. The standard InChI is InChI=1S/C24H30FN7O4S/c25-21-17(5-3-6-19(21)30-37(34,35)32-9-1-2-10-32)22(33)18-15-27-24-20(18)23(28-16-29-24)26-7-4-8-31-11-13-36-14-12-31/h3,5-6,15-16,30H,1-2,4,7-14H2,(H2,26,27,28,29). The van der Waals surface area contributed by atoms with Crippen molar-refractivity contribution in [2.75, 3.05) is 62.5 Å². The van der Waals surface area contributed by atoms with Crippen molar-refractivity contribution in [1.29, 1.82) is 0 Å². The first-order chi connectivity index (χ1) is 17.9. The summed E-state index contributed by atoms with van der Waals surface area (Å²) in [5, 5.41) is 3.74. The lowest BCUT2D eigenvalue weighted by molar-refractivity contribution is 0.0378. The molecule has 11 nitrogen and oxygen atoms in total. The van der Waals surface area contributed by atoms with Crippen LogP contribution in [-0.4, -0.2) is 90.8 Å². The van der Waals surface area contributed by atoms with Crippen LogP contribution in [0.2, 0.25) is 0 Å². The topological polar surface area (TPSA) is 133 Å². The third-order valence-corrected chi connectivity index (χ3v) is 8.17. The van der Waals surface area contributed by atoms with Gasteiger partial charge in [-0.1, -0.05) is 6.07 Å². The number of fused-ring (bicyclic) bond motifs is 1. The van der Waals surface area contributed by atoms with Crippen LogP contribution in [0.15, 0.2) is 30.7 Å². The van der Waals surface area contributed by atoms with E-state index in [1.807, 2.05) is 0 Å². The number of aromatic amines is 1. The predicted octanol–water partition coefficient (Wildman–Crippen LogP) is 2.21. The number of nitrogens with one attached hydrogen (secondary N) is 3. The summed E-state index contributed by atoms with van der Waals surface area (Å²) in [4.78, 5) is 27.3. The number of carbonyl (C=O) groups is 1. The van der Waals surface area contributed by atoms with Gasteiger partial charge in [-0.3, -0.25) is 14.4 Å². The van der Waals surface area contributed by atoms with E-state index in [-0.39, 0.29) is 16.8 Å². The molecule has 0 bridgehead atoms. The Kier molecular flexibility index (Phi) is 7.65. The van der Waals surface area contributed by atoms with E-state index in [4.69, 9.17) is 4.74 Å². The molecule has 0 aliphatic carbocycles. The average molecular weight is 532 g/mol. The minimum absolute atomic E-state index is 0.199. The Morgan fingerprint density at radius 3 is 2.68 bits per heavy atom. The van der Waals surface area contributed by atoms with Gasteiger partial charge in [0, 0.05) is 38.9 Å². The second kappa shape index (κ2) is 11.1. The Bertz CT molecular complexity index is 1370. The van der Waals surface area contributed by atoms with Crippen LogP contribution >= 0.6 is 0 Å². The number of anilines is 2. The maximum absolute atomic E-state index is 15.4. The molecule has 1 aromatic carbocycles. The van der Waals surface area contributed by atoms with Crippen molar-refractivity contribution in [3.05, 3.63) is 47.7 Å². The number of carbonyl (C=O) groups excluding carboxylic acids is 1. The first-order valence-corrected chi connectivity index (χ1v) is 13.9. The maximum Gasteiger partial charge on any atom is 0.301 e. The summed E-state index contributed by atoms with van der Waals surface area (Å²) in [6, 6.07) is 4.09. The van der Waals surface area contributed by atoms with Crippen molar-refractivity contribution in [1.82, 2.24) is 24.2 Å². The van der Waals surface area contributed by atoms with Gasteiger partial charge in [0.15, 0.2) is 11.6 Å². The van der Waals surface area contributed by atoms with Crippen molar-refractivity contribution >= 4 is 38.5 Å². The SMILES string of the molecule is O=C(c1cccc(NS(=O)(=O)N2CCCC2)c1F)c1c[nH]c2ncnc(NCCCN3CCOCC3)c12. The average Bonchev–Trinajstić information content (AvgIpc) is 3.60. The third-order valence-electron chi connectivity index (χ3n) is 6.65. The second-order valence-corrected chi connectivity index (χ2v) is 10.8. The summed E-state index contributed by atoms with van der Waals surface area (Å²) >= 11 is 0. The van der Waals surface area contributed by atoms with Gasteiger partial charge >= 0.3 is 10.2 Å². The molecule has 3 N–H and O–H groups in total. The van der Waals surface area contributed by atoms with Gasteiger partial charge in [-0.2, -0.15) is 12.7 Å². The number of halogens is 1. The lowest BCUT2D eigenvalue weighted by atomic mass is 10.0. The fourth-order valence-electron chi connectivity index (χ4n) is 4.67. The van der Waals surface area contributed by atoms with E-state index in [0.29, 0.717) is 36.5 Å². The van der Waals surface area contributed by atoms with Crippen LogP contribution in [0, 0.1) is 5.82 Å². The van der Waals surface area contributed by atoms with Crippen molar-refractivity contribution in [3.8, 4) is 0 Å². The summed E-state index contributed by atoms with van der Waals surface area (Å²) in [7, 11) is -3.91. The molecule has 2 aliphatic rings. The van der Waals surface area contributed by atoms with Gasteiger partial charge in [0.25, 0.3) is 0 Å². The number of ketones is 1. The number of H-pyrrole nitrogens is 1. The number of hydrogen-bond donors (Lipinski definition) is 3. The minimum atomic E-state index is -3.91. The van der Waals surface area contributed by atoms with Crippen LogP contribution < -0.4 is 10.0 Å². The molecule has 37 heavy (non-hydrogen) atoms. The highest BCUT2D eigenvalue weighted by Gasteiger charge is 2.28. The third kappa shape index (κ3) is 5.59. The molecule has 0 radical (unpaired) electrons. The summed E-state index contributed by atoms with van der Waals surface area (Å²) < 4.78 is 49.6. The van der Waals surface area contributed by atoms with Gasteiger partial charge in [0.05, 0.1) is 35.4 Å². The highest BCUT2D eigenvalue weighted by molar-refractivity contribution is 7.90. The molecule has 198 valence electrons. The lowest BCUT2D eigenvalue weighted by Gasteiger charge is -2.26. The predicted molar refractivity (Wildman–Crippen MR) is 137 cm³/mol. The number of morpholine rings is 1. The number of aromatic nitrogens is 3. The lowest BCUT2D eigenvalue weighted by Crippen LogP contribution is -2.37. The number of benzene rings is 1. The van der Waals surface area contributed by atoms with Gasteiger partial charge in [0.1, 0.15) is 17.8 Å². The molecule has 3 aromatic rings. The zero-order valence-corrected chi connectivity index (χ0v) is 21.2. The van der Waals surface area contributed by atoms with E-state index in [9.17, 15) is 13.2 Å². The van der Waals surface area contributed by atoms with Gasteiger partial charge in [-0.05, 0) is 37.9 Å². The second-order valence-electron chi connectivity index (χ2n) is 9.09. The van der Waals surface area contributed by atoms with Crippen molar-refractivity contribution in [2.45, 2.75) is 19.3 Å². The van der Waals surface area contributed by atoms with Crippen molar-refractivity contribution in [2.24, 2.45) is 0 Å². The number of ether oxygens (including phenoxy) is 1. The smallest absolute Gasteiger partial charge is 0.301 e. The molecule has 0 unspecified atom stereocenters. The van der Waals surface area contributed by atoms with E-state index in [2.05, 4.69) is 29.9 Å². The fraction of sp³-hybridized carbons (Fsp3) is 0.458. The Morgan fingerprint density at radius 2 is 1.89 bits per heavy atom. The van der Waals surface area contributed by atoms with Crippen LogP contribution in [-0.2, 0) is 14.9 Å². The van der Waals surface area contributed by atoms with E-state index in [0.717, 1.165) is 52.1 Å². The largest absolute Gasteiger partial charge is 0.379 e. The molecule has 0 spiro atoms. The van der Waals surface area contributed by atoms with E-state index >= 15 is 4.39 Å². The summed E-state index contributed by atoms with van der Waals surface area (Å²) in [6.07, 6.45) is 5.25. The van der Waals surface area contributed by atoms with Crippen LogP contribution in [0.1, 0.15) is 35.2 Å². The van der Waals surface area contributed by atoms with Crippen LogP contribution in [0.5, 0.6) is 0 Å². The monoisotopic (exact) mass is 531 g/mol. The van der Waals surface area contributed by atoms with Gasteiger partial charge < -0.3 is 15.0 Å². The molecule has 2 saturated heterocycles. The summed E-state index contributed by atoms with van der Waals surface area (Å²) in [5.41, 5.74) is 0.130. The molecule has 2 fully saturated rings. The number of nitrogens with zero attached hydrogens (tertiary/aromatic N) is 4. The molecular formula is C24H30FN7O4S. The molecule has 2 aromatic heterocycles. The Labute approximate surface area is 214 Å². The van der Waals surface area contributed by atoms with Crippen LogP contribution in [0.25, 0.3) is 11.0 Å². The molecular weight excluding hydrogens is 501 g/mol. The van der Waals surface area contributed by atoms with E-state index in [1.165, 1.54) is 35.0 Å². The molecule has 4 heterocycles. The normalized spacial score (nSPS) is 17.3. The first kappa shape index (κ1) is 25.5. The van der Waals surface area contributed by atoms with E-state index in [1.54, 1.807) is 0 Å². The Morgan fingerprint density at radius 1 is 1.11 bits per heavy atom. The van der Waals surface area contributed by atoms with Gasteiger partial charge in [-0.15, -0.1) is 0 Å². The van der Waals surface area contributed by atoms with Gasteiger partial charge in [0.2, 0.25) is 0 Å². The molecule has 0 atom stereocenters. The molecule has 2 aliphatic heterocycles. The Hall–Kier alpha value is -3.13. The minimum Gasteiger partial charge on any atom is -0.379 e. The molecule has 0 saturated carbocycles. The van der Waals surface area contributed by atoms with E-state index < -0.39 is 21.8 Å². The zero-order chi connectivity index (χ0) is 25.8. The van der Waals surface area contributed by atoms with Gasteiger partial charge in [-0.25, -0.2) is 14.4 Å². The van der Waals surface area contributed by atoms with Crippen LogP contribution in [0.4, 0.5) is 15.9 Å². The Balaban J connectivity index is 1.34. The summed E-state index contributed by atoms with van der Waals surface area (Å²) in [6.45, 7) is 5.61. The highest BCUT2D eigenvalue weighted by Crippen LogP contribution is 2.28. The van der Waals surface area contributed by atoms with Crippen molar-refractivity contribution < 1.29 is 22.3 Å².